The van der Waals surface area contributed by atoms with Gasteiger partial charge < -0.3 is 14.2 Å². The van der Waals surface area contributed by atoms with Gasteiger partial charge in [-0.1, -0.05) is 0 Å². The standard InChI is InChI=1S/C12H14BrFO3/c1-12(2)16-7-9(17-12)6-15-8-3-4-11(14)10(13)5-8/h3-5,9H,6-7H2,1-2H3. The van der Waals surface area contributed by atoms with Crippen molar-refractivity contribution >= 4 is 15.9 Å². The Morgan fingerprint density at radius 1 is 1.53 bits per heavy atom. The quantitative estimate of drug-likeness (QED) is 0.859. The fourth-order valence-corrected chi connectivity index (χ4v) is 1.96. The molecule has 0 spiro atoms. The van der Waals surface area contributed by atoms with Crippen LogP contribution in [-0.2, 0) is 9.47 Å². The highest BCUT2D eigenvalue weighted by molar-refractivity contribution is 9.10. The first-order chi connectivity index (χ1) is 7.96. The van der Waals surface area contributed by atoms with Crippen molar-refractivity contribution in [3.8, 4) is 5.75 Å². The molecule has 1 aromatic carbocycles. The molecule has 1 aliphatic rings. The van der Waals surface area contributed by atoms with E-state index in [0.717, 1.165) is 0 Å². The van der Waals surface area contributed by atoms with Gasteiger partial charge in [-0.25, -0.2) is 4.39 Å². The number of ether oxygens (including phenoxy) is 3. The van der Waals surface area contributed by atoms with Gasteiger partial charge in [-0.05, 0) is 48.0 Å². The highest BCUT2D eigenvalue weighted by atomic mass is 79.9. The molecule has 1 atom stereocenters. The first-order valence-electron chi connectivity index (χ1n) is 5.36. The fourth-order valence-electron chi connectivity index (χ4n) is 1.60. The fraction of sp³-hybridized carbons (Fsp3) is 0.500. The van der Waals surface area contributed by atoms with Crippen LogP contribution < -0.4 is 4.74 Å². The molecule has 1 aromatic rings. The molecular weight excluding hydrogens is 291 g/mol. The van der Waals surface area contributed by atoms with E-state index >= 15 is 0 Å². The lowest BCUT2D eigenvalue weighted by molar-refractivity contribution is -0.141. The normalized spacial score (nSPS) is 22.7. The van der Waals surface area contributed by atoms with E-state index in [2.05, 4.69) is 15.9 Å². The molecule has 2 rings (SSSR count). The van der Waals surface area contributed by atoms with E-state index in [9.17, 15) is 4.39 Å². The van der Waals surface area contributed by atoms with E-state index in [4.69, 9.17) is 14.2 Å². The molecule has 17 heavy (non-hydrogen) atoms. The van der Waals surface area contributed by atoms with Crippen LogP contribution in [0.1, 0.15) is 13.8 Å². The maximum absolute atomic E-state index is 13.0. The minimum absolute atomic E-state index is 0.0890. The first-order valence-corrected chi connectivity index (χ1v) is 6.15. The molecule has 1 unspecified atom stereocenters. The molecule has 0 radical (unpaired) electrons. The van der Waals surface area contributed by atoms with Gasteiger partial charge in [0, 0.05) is 0 Å². The zero-order valence-corrected chi connectivity index (χ0v) is 11.3. The molecule has 1 fully saturated rings. The van der Waals surface area contributed by atoms with Crippen LogP contribution in [-0.4, -0.2) is 25.1 Å². The number of benzene rings is 1. The van der Waals surface area contributed by atoms with E-state index in [1.54, 1.807) is 12.1 Å². The van der Waals surface area contributed by atoms with Gasteiger partial charge in [0.2, 0.25) is 0 Å². The molecule has 3 nitrogen and oxygen atoms in total. The molecular formula is C12H14BrFO3. The lowest BCUT2D eigenvalue weighted by atomic mass is 10.3. The molecule has 0 amide bonds. The summed E-state index contributed by atoms with van der Waals surface area (Å²) < 4.78 is 29.9. The van der Waals surface area contributed by atoms with Crippen molar-refractivity contribution in [2.24, 2.45) is 0 Å². The van der Waals surface area contributed by atoms with Crippen LogP contribution in [0.2, 0.25) is 0 Å². The maximum Gasteiger partial charge on any atom is 0.163 e. The SMILES string of the molecule is CC1(C)OCC(COc2ccc(F)c(Br)c2)O1. The molecule has 94 valence electrons. The summed E-state index contributed by atoms with van der Waals surface area (Å²) in [5, 5.41) is 0. The van der Waals surface area contributed by atoms with E-state index in [1.807, 2.05) is 13.8 Å². The van der Waals surface area contributed by atoms with Gasteiger partial charge in [0.05, 0.1) is 11.1 Å². The van der Waals surface area contributed by atoms with Crippen molar-refractivity contribution in [2.45, 2.75) is 25.7 Å². The Hall–Kier alpha value is -0.650. The molecule has 0 aliphatic carbocycles. The van der Waals surface area contributed by atoms with Crippen LogP contribution in [0.5, 0.6) is 5.75 Å². The predicted octanol–water partition coefficient (Wildman–Crippen LogP) is 3.12. The van der Waals surface area contributed by atoms with E-state index in [0.29, 0.717) is 23.4 Å². The Morgan fingerprint density at radius 3 is 2.88 bits per heavy atom. The third-order valence-electron chi connectivity index (χ3n) is 2.39. The first kappa shape index (κ1) is 12.8. The van der Waals surface area contributed by atoms with Gasteiger partial charge in [0.15, 0.2) is 5.79 Å². The van der Waals surface area contributed by atoms with Crippen molar-refractivity contribution in [3.63, 3.8) is 0 Å². The monoisotopic (exact) mass is 304 g/mol. The number of rotatable bonds is 3. The highest BCUT2D eigenvalue weighted by Crippen LogP contribution is 2.25. The second kappa shape index (κ2) is 4.92. The smallest absolute Gasteiger partial charge is 0.163 e. The molecule has 1 heterocycles. The summed E-state index contributed by atoms with van der Waals surface area (Å²) in [6.45, 7) is 4.62. The average Bonchev–Trinajstić information content (AvgIpc) is 2.60. The molecule has 0 N–H and O–H groups in total. The molecule has 1 aliphatic heterocycles. The summed E-state index contributed by atoms with van der Waals surface area (Å²) in [5.74, 6) is -0.247. The Labute approximate surface area is 108 Å². The molecule has 0 aromatic heterocycles. The Morgan fingerprint density at radius 2 is 2.29 bits per heavy atom. The number of hydrogen-bond acceptors (Lipinski definition) is 3. The summed E-state index contributed by atoms with van der Waals surface area (Å²) in [6, 6.07) is 4.53. The zero-order chi connectivity index (χ0) is 12.5. The topological polar surface area (TPSA) is 27.7 Å². The van der Waals surface area contributed by atoms with Crippen molar-refractivity contribution < 1.29 is 18.6 Å². The van der Waals surface area contributed by atoms with Crippen LogP contribution in [0.3, 0.4) is 0 Å². The third-order valence-corrected chi connectivity index (χ3v) is 3.00. The summed E-state index contributed by atoms with van der Waals surface area (Å²) in [6.07, 6.45) is -0.0890. The Balaban J connectivity index is 1.88. The van der Waals surface area contributed by atoms with Gasteiger partial charge in [-0.3, -0.25) is 0 Å². The minimum Gasteiger partial charge on any atom is -0.491 e. The second-order valence-electron chi connectivity index (χ2n) is 4.34. The third kappa shape index (κ3) is 3.40. The van der Waals surface area contributed by atoms with Crippen molar-refractivity contribution in [1.29, 1.82) is 0 Å². The Kier molecular flexibility index (Phi) is 3.70. The number of hydrogen-bond donors (Lipinski definition) is 0. The molecule has 0 saturated carbocycles. The molecule has 1 saturated heterocycles. The highest BCUT2D eigenvalue weighted by Gasteiger charge is 2.32. The van der Waals surface area contributed by atoms with Crippen molar-refractivity contribution in [3.05, 3.63) is 28.5 Å². The second-order valence-corrected chi connectivity index (χ2v) is 5.19. The lowest BCUT2D eigenvalue weighted by Gasteiger charge is -2.17. The predicted molar refractivity (Wildman–Crippen MR) is 64.5 cm³/mol. The van der Waals surface area contributed by atoms with Gasteiger partial charge in [0.1, 0.15) is 24.3 Å². The lowest BCUT2D eigenvalue weighted by Crippen LogP contribution is -2.25. The summed E-state index contributed by atoms with van der Waals surface area (Å²) in [7, 11) is 0. The van der Waals surface area contributed by atoms with E-state index < -0.39 is 5.79 Å². The van der Waals surface area contributed by atoms with Gasteiger partial charge in [-0.15, -0.1) is 0 Å². The van der Waals surface area contributed by atoms with Crippen LogP contribution in [0, 0.1) is 5.82 Å². The van der Waals surface area contributed by atoms with Crippen molar-refractivity contribution in [2.75, 3.05) is 13.2 Å². The van der Waals surface area contributed by atoms with Gasteiger partial charge in [0.25, 0.3) is 0 Å². The van der Waals surface area contributed by atoms with Gasteiger partial charge in [-0.2, -0.15) is 0 Å². The van der Waals surface area contributed by atoms with Gasteiger partial charge >= 0.3 is 0 Å². The van der Waals surface area contributed by atoms with Crippen LogP contribution >= 0.6 is 15.9 Å². The van der Waals surface area contributed by atoms with Crippen molar-refractivity contribution in [1.82, 2.24) is 0 Å². The molecule has 5 heteroatoms. The summed E-state index contributed by atoms with van der Waals surface area (Å²) in [4.78, 5) is 0. The van der Waals surface area contributed by atoms with Crippen LogP contribution in [0.15, 0.2) is 22.7 Å². The zero-order valence-electron chi connectivity index (χ0n) is 9.70. The largest absolute Gasteiger partial charge is 0.491 e. The molecule has 0 bridgehead atoms. The summed E-state index contributed by atoms with van der Waals surface area (Å²) >= 11 is 3.11. The minimum atomic E-state index is -0.544. The van der Waals surface area contributed by atoms with Crippen LogP contribution in [0.4, 0.5) is 4.39 Å². The van der Waals surface area contributed by atoms with E-state index in [-0.39, 0.29) is 11.9 Å². The number of halogens is 2. The summed E-state index contributed by atoms with van der Waals surface area (Å²) in [5.41, 5.74) is 0. The average molecular weight is 305 g/mol. The van der Waals surface area contributed by atoms with Crippen LogP contribution in [0.25, 0.3) is 0 Å². The van der Waals surface area contributed by atoms with E-state index in [1.165, 1.54) is 6.07 Å². The maximum atomic E-state index is 13.0. The Bertz CT molecular complexity index is 409.